The molecular weight excluding hydrogens is 216 g/mol. The van der Waals surface area contributed by atoms with E-state index in [0.29, 0.717) is 12.5 Å². The molecule has 1 unspecified atom stereocenters. The van der Waals surface area contributed by atoms with E-state index in [2.05, 4.69) is 10.3 Å². The summed E-state index contributed by atoms with van der Waals surface area (Å²) in [7, 11) is 0. The van der Waals surface area contributed by atoms with Gasteiger partial charge in [-0.3, -0.25) is 0 Å². The molecule has 2 rings (SSSR count). The highest BCUT2D eigenvalue weighted by atomic mass is 16.5. The average molecular weight is 236 g/mol. The fourth-order valence-electron chi connectivity index (χ4n) is 2.00. The van der Waals surface area contributed by atoms with Gasteiger partial charge in [0.05, 0.1) is 13.2 Å². The standard InChI is InChI=1S/C13H20N2O2/c1-2-17-12-6-3-7-14-13(12)15-9-11-5-4-8-16-10-11/h3,6-7,11H,2,4-5,8-10H2,1H3,(H,14,15). The predicted octanol–water partition coefficient (Wildman–Crippen LogP) is 2.32. The van der Waals surface area contributed by atoms with Gasteiger partial charge in [0.1, 0.15) is 0 Å². The van der Waals surface area contributed by atoms with Gasteiger partial charge in [0, 0.05) is 19.3 Å². The lowest BCUT2D eigenvalue weighted by atomic mass is 10.0. The van der Waals surface area contributed by atoms with Gasteiger partial charge in [-0.25, -0.2) is 4.98 Å². The molecule has 0 saturated carbocycles. The van der Waals surface area contributed by atoms with Crippen LogP contribution in [0.3, 0.4) is 0 Å². The largest absolute Gasteiger partial charge is 0.490 e. The van der Waals surface area contributed by atoms with E-state index in [1.807, 2.05) is 19.1 Å². The Morgan fingerprint density at radius 1 is 1.59 bits per heavy atom. The molecule has 94 valence electrons. The molecule has 0 spiro atoms. The second kappa shape index (κ2) is 6.45. The molecule has 1 aromatic rings. The second-order valence-electron chi connectivity index (χ2n) is 4.25. The molecule has 1 fully saturated rings. The Hall–Kier alpha value is -1.29. The molecule has 1 aliphatic rings. The highest BCUT2D eigenvalue weighted by Gasteiger charge is 2.14. The van der Waals surface area contributed by atoms with Crippen molar-refractivity contribution in [1.82, 2.24) is 4.98 Å². The summed E-state index contributed by atoms with van der Waals surface area (Å²) in [6, 6.07) is 3.83. The SMILES string of the molecule is CCOc1cccnc1NCC1CCCOC1. The average Bonchev–Trinajstić information content (AvgIpc) is 2.39. The summed E-state index contributed by atoms with van der Waals surface area (Å²) in [5, 5.41) is 3.35. The Labute approximate surface area is 102 Å². The summed E-state index contributed by atoms with van der Waals surface area (Å²) >= 11 is 0. The molecule has 1 N–H and O–H groups in total. The zero-order chi connectivity index (χ0) is 11.9. The lowest BCUT2D eigenvalue weighted by molar-refractivity contribution is 0.0594. The van der Waals surface area contributed by atoms with Gasteiger partial charge in [0.25, 0.3) is 0 Å². The van der Waals surface area contributed by atoms with Crippen LogP contribution in [-0.2, 0) is 4.74 Å². The van der Waals surface area contributed by atoms with Crippen LogP contribution in [0.4, 0.5) is 5.82 Å². The Morgan fingerprint density at radius 3 is 3.29 bits per heavy atom. The lowest BCUT2D eigenvalue weighted by Gasteiger charge is -2.22. The molecule has 1 saturated heterocycles. The third-order valence-corrected chi connectivity index (χ3v) is 2.88. The molecule has 4 heteroatoms. The number of rotatable bonds is 5. The van der Waals surface area contributed by atoms with E-state index < -0.39 is 0 Å². The van der Waals surface area contributed by atoms with Gasteiger partial charge in [-0.05, 0) is 37.8 Å². The molecule has 0 aliphatic carbocycles. The van der Waals surface area contributed by atoms with Gasteiger partial charge in [0.2, 0.25) is 0 Å². The minimum Gasteiger partial charge on any atom is -0.490 e. The minimum atomic E-state index is 0.584. The van der Waals surface area contributed by atoms with E-state index in [1.54, 1.807) is 6.20 Å². The number of anilines is 1. The second-order valence-corrected chi connectivity index (χ2v) is 4.25. The topological polar surface area (TPSA) is 43.4 Å². The van der Waals surface area contributed by atoms with Gasteiger partial charge in [-0.15, -0.1) is 0 Å². The van der Waals surface area contributed by atoms with E-state index >= 15 is 0 Å². The zero-order valence-electron chi connectivity index (χ0n) is 10.3. The maximum atomic E-state index is 5.52. The van der Waals surface area contributed by atoms with Gasteiger partial charge in [-0.2, -0.15) is 0 Å². The Bertz CT molecular complexity index is 338. The highest BCUT2D eigenvalue weighted by Crippen LogP contribution is 2.22. The van der Waals surface area contributed by atoms with Crippen molar-refractivity contribution in [2.24, 2.45) is 5.92 Å². The van der Waals surface area contributed by atoms with Crippen molar-refractivity contribution in [3.8, 4) is 5.75 Å². The summed E-state index contributed by atoms with van der Waals surface area (Å²) < 4.78 is 11.0. The van der Waals surface area contributed by atoms with Crippen molar-refractivity contribution in [2.75, 3.05) is 31.7 Å². The predicted molar refractivity (Wildman–Crippen MR) is 67.4 cm³/mol. The van der Waals surface area contributed by atoms with Crippen LogP contribution < -0.4 is 10.1 Å². The van der Waals surface area contributed by atoms with Crippen LogP contribution in [0.25, 0.3) is 0 Å². The fourth-order valence-corrected chi connectivity index (χ4v) is 2.00. The van der Waals surface area contributed by atoms with Crippen molar-refractivity contribution in [1.29, 1.82) is 0 Å². The smallest absolute Gasteiger partial charge is 0.168 e. The first-order valence-electron chi connectivity index (χ1n) is 6.29. The van der Waals surface area contributed by atoms with E-state index in [9.17, 15) is 0 Å². The van der Waals surface area contributed by atoms with Gasteiger partial charge in [-0.1, -0.05) is 0 Å². The van der Waals surface area contributed by atoms with Gasteiger partial charge < -0.3 is 14.8 Å². The summed E-state index contributed by atoms with van der Waals surface area (Å²) in [6.45, 7) is 5.30. The molecule has 1 atom stereocenters. The van der Waals surface area contributed by atoms with Crippen molar-refractivity contribution in [2.45, 2.75) is 19.8 Å². The molecule has 1 aromatic heterocycles. The van der Waals surface area contributed by atoms with Crippen LogP contribution in [0.5, 0.6) is 5.75 Å². The van der Waals surface area contributed by atoms with Crippen LogP contribution in [0, 0.1) is 5.92 Å². The number of hydrogen-bond donors (Lipinski definition) is 1. The molecule has 0 amide bonds. The number of pyridine rings is 1. The molecule has 0 aromatic carbocycles. The monoisotopic (exact) mass is 236 g/mol. The Morgan fingerprint density at radius 2 is 2.53 bits per heavy atom. The van der Waals surface area contributed by atoms with Crippen LogP contribution in [0.1, 0.15) is 19.8 Å². The third kappa shape index (κ3) is 3.60. The summed E-state index contributed by atoms with van der Waals surface area (Å²) in [5.41, 5.74) is 0. The maximum Gasteiger partial charge on any atom is 0.168 e. The molecule has 4 nitrogen and oxygen atoms in total. The molecule has 1 aliphatic heterocycles. The first-order chi connectivity index (χ1) is 8.40. The van der Waals surface area contributed by atoms with E-state index in [-0.39, 0.29) is 0 Å². The van der Waals surface area contributed by atoms with Crippen LogP contribution in [-0.4, -0.2) is 31.3 Å². The first kappa shape index (κ1) is 12.2. The number of aromatic nitrogens is 1. The molecule has 2 heterocycles. The normalized spacial score (nSPS) is 19.9. The fraction of sp³-hybridized carbons (Fsp3) is 0.615. The van der Waals surface area contributed by atoms with Crippen molar-refractivity contribution in [3.63, 3.8) is 0 Å². The van der Waals surface area contributed by atoms with Crippen molar-refractivity contribution < 1.29 is 9.47 Å². The molecule has 0 bridgehead atoms. The summed E-state index contributed by atoms with van der Waals surface area (Å²) in [4.78, 5) is 4.30. The maximum absolute atomic E-state index is 5.52. The van der Waals surface area contributed by atoms with Gasteiger partial charge in [0.15, 0.2) is 11.6 Å². The van der Waals surface area contributed by atoms with Crippen molar-refractivity contribution >= 4 is 5.82 Å². The van der Waals surface area contributed by atoms with E-state index in [1.165, 1.54) is 6.42 Å². The molecular formula is C13H20N2O2. The van der Waals surface area contributed by atoms with E-state index in [4.69, 9.17) is 9.47 Å². The van der Waals surface area contributed by atoms with Crippen LogP contribution >= 0.6 is 0 Å². The van der Waals surface area contributed by atoms with Crippen molar-refractivity contribution in [3.05, 3.63) is 18.3 Å². The first-order valence-corrected chi connectivity index (χ1v) is 6.29. The Balaban J connectivity index is 1.88. The summed E-state index contributed by atoms with van der Waals surface area (Å²) in [6.07, 6.45) is 4.17. The third-order valence-electron chi connectivity index (χ3n) is 2.88. The lowest BCUT2D eigenvalue weighted by Crippen LogP contribution is -2.24. The minimum absolute atomic E-state index is 0.584. The highest BCUT2D eigenvalue weighted by molar-refractivity contribution is 5.49. The van der Waals surface area contributed by atoms with Gasteiger partial charge >= 0.3 is 0 Å². The van der Waals surface area contributed by atoms with E-state index in [0.717, 1.165) is 37.7 Å². The van der Waals surface area contributed by atoms with Crippen LogP contribution in [0.15, 0.2) is 18.3 Å². The number of nitrogens with zero attached hydrogens (tertiary/aromatic N) is 1. The Kier molecular flexibility index (Phi) is 4.62. The zero-order valence-corrected chi connectivity index (χ0v) is 10.3. The quantitative estimate of drug-likeness (QED) is 0.852. The molecule has 17 heavy (non-hydrogen) atoms. The van der Waals surface area contributed by atoms with Crippen LogP contribution in [0.2, 0.25) is 0 Å². The number of nitrogens with one attached hydrogen (secondary N) is 1. The summed E-state index contributed by atoms with van der Waals surface area (Å²) in [5.74, 6) is 2.24. The number of ether oxygens (including phenoxy) is 2. The molecule has 0 radical (unpaired) electrons. The number of hydrogen-bond acceptors (Lipinski definition) is 4.